The van der Waals surface area contributed by atoms with Crippen molar-refractivity contribution in [3.05, 3.63) is 0 Å². The third-order valence-electron chi connectivity index (χ3n) is 1.41. The first-order chi connectivity index (χ1) is 3.67. The van der Waals surface area contributed by atoms with Gasteiger partial charge in [0.25, 0.3) is 0 Å². The van der Waals surface area contributed by atoms with Gasteiger partial charge >= 0.3 is 0 Å². The Hall–Kier alpha value is 1.06. The molecule has 1 saturated carbocycles. The third-order valence-corrected chi connectivity index (χ3v) is 2.80. The normalized spacial score (nSPS) is 32.6. The summed E-state index contributed by atoms with van der Waals surface area (Å²) in [6.45, 7) is 0. The van der Waals surface area contributed by atoms with Crippen LogP contribution in [-0.2, 0) is 0 Å². The highest BCUT2D eigenvalue weighted by molar-refractivity contribution is 9.09. The minimum absolute atomic E-state index is 0.367. The first-order valence-electron chi connectivity index (χ1n) is 2.60. The van der Waals surface area contributed by atoms with E-state index in [0.717, 1.165) is 18.2 Å². The molecule has 0 spiro atoms. The fourth-order valence-corrected chi connectivity index (χ4v) is 1.86. The summed E-state index contributed by atoms with van der Waals surface area (Å²) in [4.78, 5) is 0. The molecule has 0 bridgehead atoms. The average molecular weight is 218 g/mol. The van der Waals surface area contributed by atoms with Crippen molar-refractivity contribution in [2.24, 2.45) is 5.92 Å². The molecule has 1 fully saturated rings. The van der Waals surface area contributed by atoms with E-state index in [2.05, 4.69) is 15.9 Å². The molecule has 0 heterocycles. The van der Waals surface area contributed by atoms with E-state index in [4.69, 9.17) is 23.2 Å². The lowest BCUT2D eigenvalue weighted by molar-refractivity contribution is 0.801. The number of hydrogen-bond acceptors (Lipinski definition) is 0. The monoisotopic (exact) mass is 216 g/mol. The van der Waals surface area contributed by atoms with Gasteiger partial charge in [-0.25, -0.2) is 0 Å². The molecule has 0 aliphatic heterocycles. The highest BCUT2D eigenvalue weighted by atomic mass is 79.9. The Morgan fingerprint density at radius 2 is 2.12 bits per heavy atom. The van der Waals surface area contributed by atoms with Crippen molar-refractivity contribution in [3.8, 4) is 0 Å². The molecule has 0 aromatic carbocycles. The molecule has 1 aliphatic carbocycles. The van der Waals surface area contributed by atoms with E-state index in [9.17, 15) is 0 Å². The molecule has 1 aliphatic rings. The van der Waals surface area contributed by atoms with Crippen molar-refractivity contribution in [2.75, 3.05) is 5.33 Å². The lowest BCUT2D eigenvalue weighted by atomic mass is 10.3. The summed E-state index contributed by atoms with van der Waals surface area (Å²) in [5, 5.41) is 1.01. The van der Waals surface area contributed by atoms with Crippen LogP contribution in [-0.4, -0.2) is 9.66 Å². The first kappa shape index (κ1) is 7.17. The molecular formula is C5H7BrCl2. The molecule has 0 nitrogen and oxygen atoms in total. The number of hydrogen-bond donors (Lipinski definition) is 0. The molecule has 0 N–H and O–H groups in total. The van der Waals surface area contributed by atoms with E-state index in [1.54, 1.807) is 0 Å². The predicted octanol–water partition coefficient (Wildman–Crippen LogP) is 2.97. The number of alkyl halides is 3. The van der Waals surface area contributed by atoms with Gasteiger partial charge in [-0.1, -0.05) is 15.9 Å². The number of halogens is 3. The van der Waals surface area contributed by atoms with E-state index in [1.165, 1.54) is 0 Å². The lowest BCUT2D eigenvalue weighted by Gasteiger charge is -1.92. The summed E-state index contributed by atoms with van der Waals surface area (Å²) in [7, 11) is 0. The van der Waals surface area contributed by atoms with Gasteiger partial charge in [-0.05, 0) is 18.8 Å². The molecule has 8 heavy (non-hydrogen) atoms. The van der Waals surface area contributed by atoms with E-state index < -0.39 is 0 Å². The van der Waals surface area contributed by atoms with E-state index in [1.807, 2.05) is 0 Å². The first-order valence-corrected chi connectivity index (χ1v) is 4.48. The van der Waals surface area contributed by atoms with Crippen molar-refractivity contribution >= 4 is 39.1 Å². The zero-order valence-corrected chi connectivity index (χ0v) is 7.43. The molecule has 0 aromatic heterocycles. The maximum atomic E-state index is 5.73. The molecule has 0 amide bonds. The van der Waals surface area contributed by atoms with Crippen molar-refractivity contribution in [1.29, 1.82) is 0 Å². The topological polar surface area (TPSA) is 0 Å². The van der Waals surface area contributed by atoms with Gasteiger partial charge in [-0.3, -0.25) is 0 Å². The lowest BCUT2D eigenvalue weighted by Crippen LogP contribution is -1.89. The second-order valence-electron chi connectivity index (χ2n) is 2.14. The Morgan fingerprint density at radius 1 is 1.62 bits per heavy atom. The minimum Gasteiger partial charge on any atom is -0.101 e. The van der Waals surface area contributed by atoms with Crippen LogP contribution in [0.4, 0.5) is 0 Å². The van der Waals surface area contributed by atoms with Crippen LogP contribution in [0.5, 0.6) is 0 Å². The maximum Gasteiger partial charge on any atom is 0.121 e. The van der Waals surface area contributed by atoms with E-state index in [-0.39, 0.29) is 4.33 Å². The van der Waals surface area contributed by atoms with Gasteiger partial charge in [0.15, 0.2) is 0 Å². The second-order valence-corrected chi connectivity index (χ2v) is 4.48. The smallest absolute Gasteiger partial charge is 0.101 e. The molecule has 0 radical (unpaired) electrons. The van der Waals surface area contributed by atoms with Crippen LogP contribution in [0.3, 0.4) is 0 Å². The van der Waals surface area contributed by atoms with Crippen LogP contribution < -0.4 is 0 Å². The molecule has 0 unspecified atom stereocenters. The predicted molar refractivity (Wildman–Crippen MR) is 41.0 cm³/mol. The van der Waals surface area contributed by atoms with Crippen molar-refractivity contribution < 1.29 is 0 Å². The molecule has 3 heteroatoms. The fourth-order valence-electron chi connectivity index (χ4n) is 0.715. The van der Waals surface area contributed by atoms with Gasteiger partial charge in [0, 0.05) is 5.33 Å². The van der Waals surface area contributed by atoms with Crippen LogP contribution in [0.1, 0.15) is 12.8 Å². The zero-order valence-electron chi connectivity index (χ0n) is 4.33. The molecule has 0 saturated heterocycles. The average Bonchev–Trinajstić information content (AvgIpc) is 2.15. The summed E-state index contributed by atoms with van der Waals surface area (Å²) in [6, 6.07) is 0. The van der Waals surface area contributed by atoms with E-state index >= 15 is 0 Å². The van der Waals surface area contributed by atoms with Crippen molar-refractivity contribution in [3.63, 3.8) is 0 Å². The van der Waals surface area contributed by atoms with Crippen LogP contribution in [0, 0.1) is 5.92 Å². The molecular weight excluding hydrogens is 211 g/mol. The highest BCUT2D eigenvalue weighted by Crippen LogP contribution is 2.54. The van der Waals surface area contributed by atoms with Crippen molar-refractivity contribution in [1.82, 2.24) is 0 Å². The molecule has 48 valence electrons. The van der Waals surface area contributed by atoms with E-state index in [0.29, 0.717) is 5.92 Å². The Morgan fingerprint density at radius 3 is 2.25 bits per heavy atom. The summed E-state index contributed by atoms with van der Waals surface area (Å²) in [5.41, 5.74) is 0. The largest absolute Gasteiger partial charge is 0.121 e. The summed E-state index contributed by atoms with van der Waals surface area (Å²) in [6.07, 6.45) is 2.08. The quantitative estimate of drug-likeness (QED) is 0.625. The maximum absolute atomic E-state index is 5.73. The number of rotatable bonds is 2. The Kier molecular flexibility index (Phi) is 2.11. The zero-order chi connectivity index (χ0) is 6.20. The Balaban J connectivity index is 2.17. The Labute approximate surface area is 67.7 Å². The van der Waals surface area contributed by atoms with Gasteiger partial charge in [0.2, 0.25) is 0 Å². The van der Waals surface area contributed by atoms with Gasteiger partial charge in [-0.15, -0.1) is 23.2 Å². The standard InChI is InChI=1S/C5H7BrCl2/c6-2-1-4-3-5(4,7)8/h4H,1-3H2/t4-/m0/s1. The third kappa shape index (κ3) is 1.52. The summed E-state index contributed by atoms with van der Waals surface area (Å²) < 4.78 is -0.367. The highest BCUT2D eigenvalue weighted by Gasteiger charge is 2.50. The van der Waals surface area contributed by atoms with Gasteiger partial charge in [0.1, 0.15) is 4.33 Å². The SMILES string of the molecule is ClC1(Cl)C[C@@H]1CCBr. The molecule has 0 aromatic rings. The van der Waals surface area contributed by atoms with Crippen LogP contribution in [0.15, 0.2) is 0 Å². The Bertz CT molecular complexity index is 92.4. The van der Waals surface area contributed by atoms with Gasteiger partial charge in [-0.2, -0.15) is 0 Å². The van der Waals surface area contributed by atoms with Crippen LogP contribution in [0.25, 0.3) is 0 Å². The summed E-state index contributed by atoms with van der Waals surface area (Å²) >= 11 is 14.8. The van der Waals surface area contributed by atoms with Crippen molar-refractivity contribution in [2.45, 2.75) is 17.2 Å². The molecule has 1 atom stereocenters. The molecule has 1 rings (SSSR count). The second kappa shape index (κ2) is 2.36. The minimum atomic E-state index is -0.367. The van der Waals surface area contributed by atoms with Gasteiger partial charge < -0.3 is 0 Å². The fraction of sp³-hybridized carbons (Fsp3) is 1.00. The summed E-state index contributed by atoms with van der Waals surface area (Å²) in [5.74, 6) is 0.546. The van der Waals surface area contributed by atoms with Crippen LogP contribution >= 0.6 is 39.1 Å². The van der Waals surface area contributed by atoms with Gasteiger partial charge in [0.05, 0.1) is 0 Å². The van der Waals surface area contributed by atoms with Crippen LogP contribution in [0.2, 0.25) is 0 Å².